The van der Waals surface area contributed by atoms with Crippen LogP contribution in [0.1, 0.15) is 28.1 Å². The molecule has 3 aromatic carbocycles. The van der Waals surface area contributed by atoms with Gasteiger partial charge in [0.05, 0.1) is 31.0 Å². The SMILES string of the molecule is COc1ccc(S(=O)(=O)N(CC(=O)N/N=C/c2cc(C)n(-c3ccc(Br)cc3)c2C)c2cc(C)cc(C)c2)cc1OC. The van der Waals surface area contributed by atoms with E-state index in [0.29, 0.717) is 11.4 Å². The second kappa shape index (κ2) is 12.8. The van der Waals surface area contributed by atoms with Crippen LogP contribution in [0.2, 0.25) is 0 Å². The summed E-state index contributed by atoms with van der Waals surface area (Å²) in [5.74, 6) is 0.0471. The van der Waals surface area contributed by atoms with Gasteiger partial charge in [0.1, 0.15) is 6.54 Å². The Kier molecular flexibility index (Phi) is 9.43. The molecule has 42 heavy (non-hydrogen) atoms. The van der Waals surface area contributed by atoms with Crippen LogP contribution in [0.15, 0.2) is 81.2 Å². The number of nitrogens with one attached hydrogen (secondary N) is 1. The zero-order valence-corrected chi connectivity index (χ0v) is 26.7. The van der Waals surface area contributed by atoms with Crippen LogP contribution in [0.25, 0.3) is 5.69 Å². The van der Waals surface area contributed by atoms with Crippen LogP contribution in [0.4, 0.5) is 5.69 Å². The van der Waals surface area contributed by atoms with Crippen molar-refractivity contribution in [2.75, 3.05) is 25.1 Å². The van der Waals surface area contributed by atoms with E-state index < -0.39 is 22.5 Å². The van der Waals surface area contributed by atoms with E-state index >= 15 is 0 Å². The standard InChI is InChI=1S/C31H33BrN4O5S/c1-20-13-21(2)15-27(14-20)35(42(38,39)28-11-12-29(40-5)30(17-28)41-6)19-31(37)34-33-18-24-16-22(3)36(23(24)4)26-9-7-25(32)8-10-26/h7-18H,19H2,1-6H3,(H,34,37)/b33-18+. The summed E-state index contributed by atoms with van der Waals surface area (Å²) in [6, 6.07) is 19.6. The number of aromatic nitrogens is 1. The minimum Gasteiger partial charge on any atom is -0.493 e. The van der Waals surface area contributed by atoms with Crippen molar-refractivity contribution in [3.05, 3.63) is 99.3 Å². The average Bonchev–Trinajstić information content (AvgIpc) is 3.23. The molecule has 0 unspecified atom stereocenters. The van der Waals surface area contributed by atoms with E-state index in [1.807, 2.05) is 64.1 Å². The highest BCUT2D eigenvalue weighted by Crippen LogP contribution is 2.32. The molecule has 9 nitrogen and oxygen atoms in total. The number of rotatable bonds is 10. The summed E-state index contributed by atoms with van der Waals surface area (Å²) in [7, 11) is -1.28. The summed E-state index contributed by atoms with van der Waals surface area (Å²) in [6.45, 7) is 7.20. The van der Waals surface area contributed by atoms with Gasteiger partial charge in [0.25, 0.3) is 15.9 Å². The second-order valence-corrected chi connectivity index (χ2v) is 12.6. The van der Waals surface area contributed by atoms with Gasteiger partial charge in [-0.05, 0) is 93.4 Å². The zero-order valence-electron chi connectivity index (χ0n) is 24.3. The van der Waals surface area contributed by atoms with Crippen molar-refractivity contribution in [1.82, 2.24) is 9.99 Å². The van der Waals surface area contributed by atoms with Crippen molar-refractivity contribution in [2.24, 2.45) is 5.10 Å². The van der Waals surface area contributed by atoms with E-state index in [1.54, 1.807) is 18.3 Å². The van der Waals surface area contributed by atoms with Crippen molar-refractivity contribution in [1.29, 1.82) is 0 Å². The highest BCUT2D eigenvalue weighted by Gasteiger charge is 2.29. The van der Waals surface area contributed by atoms with Crippen LogP contribution >= 0.6 is 15.9 Å². The Morgan fingerprint density at radius 3 is 2.19 bits per heavy atom. The Hall–Kier alpha value is -4.09. The largest absolute Gasteiger partial charge is 0.493 e. The van der Waals surface area contributed by atoms with Crippen molar-refractivity contribution >= 4 is 43.8 Å². The number of carbonyl (C=O) groups is 1. The van der Waals surface area contributed by atoms with Gasteiger partial charge in [-0.3, -0.25) is 9.10 Å². The highest BCUT2D eigenvalue weighted by molar-refractivity contribution is 9.10. The van der Waals surface area contributed by atoms with Crippen LogP contribution in [-0.4, -0.2) is 45.9 Å². The van der Waals surface area contributed by atoms with Gasteiger partial charge >= 0.3 is 0 Å². The minimum absolute atomic E-state index is 0.0454. The minimum atomic E-state index is -4.18. The molecule has 0 radical (unpaired) electrons. The first-order chi connectivity index (χ1) is 19.9. The van der Waals surface area contributed by atoms with Crippen LogP contribution in [0.3, 0.4) is 0 Å². The Morgan fingerprint density at radius 2 is 1.57 bits per heavy atom. The molecule has 11 heteroatoms. The maximum atomic E-state index is 13.9. The number of nitrogens with zero attached hydrogens (tertiary/aromatic N) is 3. The van der Waals surface area contributed by atoms with Crippen LogP contribution in [0, 0.1) is 27.7 Å². The fourth-order valence-electron chi connectivity index (χ4n) is 4.76. The fraction of sp³-hybridized carbons (Fsp3) is 0.226. The summed E-state index contributed by atoms with van der Waals surface area (Å²) < 4.78 is 42.5. The van der Waals surface area contributed by atoms with Gasteiger partial charge in [-0.1, -0.05) is 22.0 Å². The van der Waals surface area contributed by atoms with Crippen LogP contribution in [0.5, 0.6) is 11.5 Å². The Morgan fingerprint density at radius 1 is 0.929 bits per heavy atom. The summed E-state index contributed by atoms with van der Waals surface area (Å²) in [4.78, 5) is 13.1. The molecule has 0 atom stereocenters. The quantitative estimate of drug-likeness (QED) is 0.171. The molecular weight excluding hydrogens is 620 g/mol. The van der Waals surface area contributed by atoms with Crippen molar-refractivity contribution in [3.8, 4) is 17.2 Å². The molecule has 0 fully saturated rings. The van der Waals surface area contributed by atoms with E-state index in [1.165, 1.54) is 32.4 Å². The number of halogens is 1. The van der Waals surface area contributed by atoms with Crippen molar-refractivity contribution in [2.45, 2.75) is 32.6 Å². The normalized spacial score (nSPS) is 11.5. The van der Waals surface area contributed by atoms with E-state index in [-0.39, 0.29) is 10.6 Å². The monoisotopic (exact) mass is 652 g/mol. The van der Waals surface area contributed by atoms with Crippen LogP contribution in [-0.2, 0) is 14.8 Å². The number of methoxy groups -OCH3 is 2. The molecule has 0 spiro atoms. The molecule has 220 valence electrons. The second-order valence-electron chi connectivity index (χ2n) is 9.81. The number of carbonyl (C=O) groups excluding carboxylic acids is 1. The number of anilines is 1. The highest BCUT2D eigenvalue weighted by atomic mass is 79.9. The molecule has 0 aliphatic rings. The van der Waals surface area contributed by atoms with Gasteiger partial charge in [-0.15, -0.1) is 0 Å². The lowest BCUT2D eigenvalue weighted by atomic mass is 10.1. The molecule has 1 heterocycles. The maximum Gasteiger partial charge on any atom is 0.264 e. The van der Waals surface area contributed by atoms with Gasteiger partial charge in [-0.25, -0.2) is 13.8 Å². The summed E-state index contributed by atoms with van der Waals surface area (Å²) >= 11 is 3.46. The predicted molar refractivity (Wildman–Crippen MR) is 169 cm³/mol. The number of aryl methyl sites for hydroxylation is 3. The maximum absolute atomic E-state index is 13.9. The number of hydrazone groups is 1. The van der Waals surface area contributed by atoms with E-state index in [0.717, 1.165) is 42.5 Å². The first kappa shape index (κ1) is 30.9. The Labute approximate surface area is 254 Å². The smallest absolute Gasteiger partial charge is 0.264 e. The molecule has 0 saturated carbocycles. The van der Waals surface area contributed by atoms with Crippen molar-refractivity contribution < 1.29 is 22.7 Å². The lowest BCUT2D eigenvalue weighted by Crippen LogP contribution is -2.39. The van der Waals surface area contributed by atoms with E-state index in [4.69, 9.17) is 9.47 Å². The molecule has 0 bridgehead atoms. The third kappa shape index (κ3) is 6.69. The number of hydrogen-bond donors (Lipinski definition) is 1. The summed E-state index contributed by atoms with van der Waals surface area (Å²) in [6.07, 6.45) is 1.56. The molecular formula is C31H33BrN4O5S. The molecule has 0 aliphatic heterocycles. The molecule has 4 rings (SSSR count). The number of amides is 1. The number of ether oxygens (including phenoxy) is 2. The van der Waals surface area contributed by atoms with Crippen LogP contribution < -0.4 is 19.2 Å². The van der Waals surface area contributed by atoms with E-state index in [2.05, 4.69) is 31.0 Å². The first-order valence-corrected chi connectivity index (χ1v) is 15.3. The molecule has 0 saturated heterocycles. The van der Waals surface area contributed by atoms with Gasteiger partial charge in [0, 0.05) is 33.2 Å². The third-order valence-corrected chi connectivity index (χ3v) is 8.97. The summed E-state index contributed by atoms with van der Waals surface area (Å²) in [5.41, 5.74) is 8.34. The van der Waals surface area contributed by atoms with E-state index in [9.17, 15) is 13.2 Å². The fourth-order valence-corrected chi connectivity index (χ4v) is 6.44. The van der Waals surface area contributed by atoms with Gasteiger partial charge in [0.15, 0.2) is 11.5 Å². The zero-order chi connectivity index (χ0) is 30.6. The summed E-state index contributed by atoms with van der Waals surface area (Å²) in [5, 5.41) is 4.15. The van der Waals surface area contributed by atoms with Gasteiger partial charge in [0.2, 0.25) is 0 Å². The Bertz CT molecular complexity index is 1730. The lowest BCUT2D eigenvalue weighted by molar-refractivity contribution is -0.119. The lowest BCUT2D eigenvalue weighted by Gasteiger charge is -2.25. The number of benzene rings is 3. The topological polar surface area (TPSA) is 102 Å². The van der Waals surface area contributed by atoms with Gasteiger partial charge < -0.3 is 14.0 Å². The molecule has 1 aromatic heterocycles. The predicted octanol–water partition coefficient (Wildman–Crippen LogP) is 5.84. The van der Waals surface area contributed by atoms with Gasteiger partial charge in [-0.2, -0.15) is 5.10 Å². The third-order valence-electron chi connectivity index (χ3n) is 6.67. The molecule has 0 aliphatic carbocycles. The molecule has 4 aromatic rings. The number of sulfonamides is 1. The molecule has 1 amide bonds. The molecule has 1 N–H and O–H groups in total. The number of hydrogen-bond acceptors (Lipinski definition) is 6. The van der Waals surface area contributed by atoms with Crippen molar-refractivity contribution in [3.63, 3.8) is 0 Å². The first-order valence-electron chi connectivity index (χ1n) is 13.0. The average molecular weight is 654 g/mol. The Balaban J connectivity index is 1.61.